The standard InChI is InChI=1S/C30H31N3O2S/c1-5-20(4)24-13-16-27-26(18-24)32-29(35-27)23-11-14-25(15-12-23)31-30(36)33-28(34)17-8-21-6-9-22(10-7-21)19(2)3/h6-20H,5H2,1-4H3,(H2,31,33,34,36)/b17-8+. The summed E-state index contributed by atoms with van der Waals surface area (Å²) in [7, 11) is 0. The molecular weight excluding hydrogens is 466 g/mol. The molecule has 0 radical (unpaired) electrons. The van der Waals surface area contributed by atoms with Gasteiger partial charge in [0.1, 0.15) is 5.52 Å². The number of nitrogens with zero attached hydrogens (tertiary/aromatic N) is 1. The Hall–Kier alpha value is -3.77. The van der Waals surface area contributed by atoms with Crippen molar-refractivity contribution in [3.05, 3.63) is 89.5 Å². The van der Waals surface area contributed by atoms with Gasteiger partial charge in [-0.1, -0.05) is 58.0 Å². The first-order chi connectivity index (χ1) is 17.3. The molecule has 0 fully saturated rings. The van der Waals surface area contributed by atoms with Gasteiger partial charge in [-0.15, -0.1) is 0 Å². The number of oxazole rings is 1. The van der Waals surface area contributed by atoms with E-state index in [1.165, 1.54) is 17.2 Å². The molecule has 2 N–H and O–H groups in total. The van der Waals surface area contributed by atoms with Gasteiger partial charge in [0.15, 0.2) is 10.7 Å². The first kappa shape index (κ1) is 25.3. The molecule has 0 aliphatic rings. The second kappa shape index (κ2) is 11.3. The van der Waals surface area contributed by atoms with Crippen molar-refractivity contribution in [3.63, 3.8) is 0 Å². The van der Waals surface area contributed by atoms with Crippen LogP contribution in [0.3, 0.4) is 0 Å². The number of amides is 1. The summed E-state index contributed by atoms with van der Waals surface area (Å²) in [6, 6.07) is 21.9. The minimum absolute atomic E-state index is 0.229. The van der Waals surface area contributed by atoms with Crippen molar-refractivity contribution in [2.75, 3.05) is 5.32 Å². The summed E-state index contributed by atoms with van der Waals surface area (Å²) in [5.41, 5.74) is 6.73. The Labute approximate surface area is 217 Å². The Morgan fingerprint density at radius 2 is 1.69 bits per heavy atom. The molecule has 1 amide bonds. The van der Waals surface area contributed by atoms with Crippen LogP contribution in [0.5, 0.6) is 0 Å². The van der Waals surface area contributed by atoms with E-state index in [9.17, 15) is 4.79 Å². The summed E-state index contributed by atoms with van der Waals surface area (Å²) < 4.78 is 5.96. The fourth-order valence-electron chi connectivity index (χ4n) is 3.79. The molecule has 3 aromatic carbocycles. The molecule has 4 rings (SSSR count). The minimum Gasteiger partial charge on any atom is -0.436 e. The molecule has 1 aromatic heterocycles. The van der Waals surface area contributed by atoms with Gasteiger partial charge in [0.2, 0.25) is 11.8 Å². The van der Waals surface area contributed by atoms with E-state index in [4.69, 9.17) is 16.6 Å². The molecule has 4 aromatic rings. The molecule has 0 saturated heterocycles. The van der Waals surface area contributed by atoms with E-state index < -0.39 is 0 Å². The van der Waals surface area contributed by atoms with Crippen molar-refractivity contribution in [1.82, 2.24) is 10.3 Å². The average molecular weight is 498 g/mol. The third-order valence-electron chi connectivity index (χ3n) is 6.25. The maximum atomic E-state index is 12.3. The number of fused-ring (bicyclic) bond motifs is 1. The highest BCUT2D eigenvalue weighted by Crippen LogP contribution is 2.28. The molecule has 1 unspecified atom stereocenters. The number of nitrogens with one attached hydrogen (secondary N) is 2. The van der Waals surface area contributed by atoms with E-state index in [2.05, 4.69) is 67.6 Å². The first-order valence-corrected chi connectivity index (χ1v) is 12.6. The second-order valence-corrected chi connectivity index (χ2v) is 9.64. The molecule has 36 heavy (non-hydrogen) atoms. The quantitative estimate of drug-likeness (QED) is 0.203. The normalized spacial score (nSPS) is 12.2. The van der Waals surface area contributed by atoms with Gasteiger partial charge in [-0.25, -0.2) is 4.98 Å². The molecule has 5 nitrogen and oxygen atoms in total. The van der Waals surface area contributed by atoms with Crippen LogP contribution in [0.25, 0.3) is 28.6 Å². The topological polar surface area (TPSA) is 67.2 Å². The molecule has 184 valence electrons. The van der Waals surface area contributed by atoms with Crippen molar-refractivity contribution >= 4 is 46.1 Å². The van der Waals surface area contributed by atoms with Crippen LogP contribution in [0.15, 0.2) is 77.2 Å². The van der Waals surface area contributed by atoms with Gasteiger partial charge in [0.25, 0.3) is 0 Å². The average Bonchev–Trinajstić information content (AvgIpc) is 3.31. The molecule has 0 bridgehead atoms. The molecule has 1 heterocycles. The molecule has 0 spiro atoms. The predicted molar refractivity (Wildman–Crippen MR) is 152 cm³/mol. The largest absolute Gasteiger partial charge is 0.436 e. The van der Waals surface area contributed by atoms with Crippen LogP contribution in [0, 0.1) is 0 Å². The van der Waals surface area contributed by atoms with Crippen LogP contribution >= 0.6 is 12.2 Å². The Kier molecular flexibility index (Phi) is 7.96. The van der Waals surface area contributed by atoms with Gasteiger partial charge in [-0.3, -0.25) is 10.1 Å². The number of thiocarbonyl (C=S) groups is 1. The Morgan fingerprint density at radius 1 is 1.00 bits per heavy atom. The van der Waals surface area contributed by atoms with Crippen LogP contribution in [-0.2, 0) is 4.79 Å². The number of carbonyl (C=O) groups excluding carboxylic acids is 1. The predicted octanol–water partition coefficient (Wildman–Crippen LogP) is 7.66. The van der Waals surface area contributed by atoms with Crippen LogP contribution in [0.2, 0.25) is 0 Å². The van der Waals surface area contributed by atoms with Crippen molar-refractivity contribution in [2.45, 2.75) is 46.0 Å². The zero-order chi connectivity index (χ0) is 25.7. The van der Waals surface area contributed by atoms with Crippen molar-refractivity contribution in [2.24, 2.45) is 0 Å². The highest BCUT2D eigenvalue weighted by atomic mass is 32.1. The Bertz CT molecular complexity index is 1390. The minimum atomic E-state index is -0.291. The van der Waals surface area contributed by atoms with Gasteiger partial charge in [-0.05, 0) is 89.6 Å². The van der Waals surface area contributed by atoms with Crippen LogP contribution in [-0.4, -0.2) is 16.0 Å². The summed E-state index contributed by atoms with van der Waals surface area (Å²) in [5.74, 6) is 1.23. The van der Waals surface area contributed by atoms with Gasteiger partial charge < -0.3 is 9.73 Å². The van der Waals surface area contributed by atoms with E-state index >= 15 is 0 Å². The second-order valence-electron chi connectivity index (χ2n) is 9.23. The monoisotopic (exact) mass is 497 g/mol. The third-order valence-corrected chi connectivity index (χ3v) is 6.45. The van der Waals surface area contributed by atoms with Gasteiger partial charge in [0.05, 0.1) is 0 Å². The summed E-state index contributed by atoms with van der Waals surface area (Å²) in [4.78, 5) is 16.9. The summed E-state index contributed by atoms with van der Waals surface area (Å²) in [6.07, 6.45) is 4.32. The lowest BCUT2D eigenvalue weighted by molar-refractivity contribution is -0.115. The smallest absolute Gasteiger partial charge is 0.250 e. The number of anilines is 1. The Balaban J connectivity index is 1.34. The van der Waals surface area contributed by atoms with E-state index in [1.54, 1.807) is 6.08 Å². The number of carbonyl (C=O) groups is 1. The maximum Gasteiger partial charge on any atom is 0.250 e. The third kappa shape index (κ3) is 6.26. The van der Waals surface area contributed by atoms with Crippen molar-refractivity contribution in [3.8, 4) is 11.5 Å². The van der Waals surface area contributed by atoms with Gasteiger partial charge in [0, 0.05) is 17.3 Å². The lowest BCUT2D eigenvalue weighted by Gasteiger charge is -2.08. The van der Waals surface area contributed by atoms with E-state index in [1.807, 2.05) is 42.5 Å². The highest BCUT2D eigenvalue weighted by Gasteiger charge is 2.11. The number of hydrogen-bond donors (Lipinski definition) is 2. The SMILES string of the molecule is CCC(C)c1ccc2oc(-c3ccc(NC(=S)NC(=O)/C=C/c4ccc(C(C)C)cc4)cc3)nc2c1. The van der Waals surface area contributed by atoms with E-state index in [-0.39, 0.29) is 11.0 Å². The number of hydrogen-bond acceptors (Lipinski definition) is 4. The molecule has 6 heteroatoms. The maximum absolute atomic E-state index is 12.3. The number of benzene rings is 3. The zero-order valence-corrected chi connectivity index (χ0v) is 21.9. The van der Waals surface area contributed by atoms with Crippen molar-refractivity contribution < 1.29 is 9.21 Å². The van der Waals surface area contributed by atoms with Crippen LogP contribution in [0.4, 0.5) is 5.69 Å². The molecule has 1 atom stereocenters. The van der Waals surface area contributed by atoms with Gasteiger partial charge in [-0.2, -0.15) is 0 Å². The fraction of sp³-hybridized carbons (Fsp3) is 0.233. The lowest BCUT2D eigenvalue weighted by atomic mass is 9.98. The molecule has 0 aliphatic heterocycles. The van der Waals surface area contributed by atoms with Crippen LogP contribution in [0.1, 0.15) is 62.6 Å². The summed E-state index contributed by atoms with van der Waals surface area (Å²) >= 11 is 5.29. The summed E-state index contributed by atoms with van der Waals surface area (Å²) in [5, 5.41) is 5.94. The molecule has 0 aliphatic carbocycles. The molecular formula is C30H31N3O2S. The van der Waals surface area contributed by atoms with Crippen LogP contribution < -0.4 is 10.6 Å². The van der Waals surface area contributed by atoms with Crippen molar-refractivity contribution in [1.29, 1.82) is 0 Å². The van der Waals surface area contributed by atoms with E-state index in [0.717, 1.165) is 34.3 Å². The first-order valence-electron chi connectivity index (χ1n) is 12.2. The lowest BCUT2D eigenvalue weighted by Crippen LogP contribution is -2.32. The van der Waals surface area contributed by atoms with E-state index in [0.29, 0.717) is 17.7 Å². The summed E-state index contributed by atoms with van der Waals surface area (Å²) in [6.45, 7) is 8.69. The highest BCUT2D eigenvalue weighted by molar-refractivity contribution is 7.80. The fourth-order valence-corrected chi connectivity index (χ4v) is 4.00. The van der Waals surface area contributed by atoms with Gasteiger partial charge >= 0.3 is 0 Å². The number of aromatic nitrogens is 1. The number of rotatable bonds is 7. The molecule has 0 saturated carbocycles. The zero-order valence-electron chi connectivity index (χ0n) is 21.0. The Morgan fingerprint density at radius 3 is 2.36 bits per heavy atom.